The first-order valence-electron chi connectivity index (χ1n) is 8.37. The van der Waals surface area contributed by atoms with Crippen LogP contribution in [0.3, 0.4) is 0 Å². The van der Waals surface area contributed by atoms with Crippen LogP contribution in [0.5, 0.6) is 0 Å². The number of aryl methyl sites for hydroxylation is 1. The summed E-state index contributed by atoms with van der Waals surface area (Å²) >= 11 is 0. The molecule has 124 valence electrons. The Hall–Kier alpha value is -2.62. The minimum Gasteiger partial charge on any atom is -0.369 e. The van der Waals surface area contributed by atoms with Crippen LogP contribution in [-0.2, 0) is 4.79 Å². The smallest absolute Gasteiger partial charge is 0.223 e. The lowest BCUT2D eigenvalue weighted by Crippen LogP contribution is -2.32. The average Bonchev–Trinajstić information content (AvgIpc) is 2.97. The maximum absolute atomic E-state index is 11.9. The largest absolute Gasteiger partial charge is 0.369 e. The minimum atomic E-state index is 0.121. The third-order valence-corrected chi connectivity index (χ3v) is 5.21. The van der Waals surface area contributed by atoms with E-state index in [-0.39, 0.29) is 5.91 Å². The van der Waals surface area contributed by atoms with Crippen molar-refractivity contribution in [3.63, 3.8) is 0 Å². The van der Waals surface area contributed by atoms with Crippen LogP contribution in [0.2, 0.25) is 0 Å². The molecule has 2 aromatic rings. The van der Waals surface area contributed by atoms with E-state index in [2.05, 4.69) is 20.3 Å². The highest BCUT2D eigenvalue weighted by Gasteiger charge is 2.56. The first kappa shape index (κ1) is 14.9. The second-order valence-corrected chi connectivity index (χ2v) is 6.69. The molecule has 1 amide bonds. The van der Waals surface area contributed by atoms with Crippen LogP contribution in [-0.4, -0.2) is 45.4 Å². The van der Waals surface area contributed by atoms with Crippen LogP contribution in [0, 0.1) is 36.0 Å². The van der Waals surface area contributed by atoms with Gasteiger partial charge < -0.3 is 15.2 Å². The fourth-order valence-electron chi connectivity index (χ4n) is 3.88. The molecule has 2 fully saturated rings. The molecule has 1 saturated carbocycles. The number of fused-ring (bicyclic) bond motifs is 2. The van der Waals surface area contributed by atoms with Crippen molar-refractivity contribution >= 4 is 22.8 Å². The highest BCUT2D eigenvalue weighted by atomic mass is 16.2. The van der Waals surface area contributed by atoms with Gasteiger partial charge in [0.2, 0.25) is 5.91 Å². The zero-order valence-electron chi connectivity index (χ0n) is 13.6. The van der Waals surface area contributed by atoms with Crippen LogP contribution in [0.25, 0.3) is 11.0 Å². The van der Waals surface area contributed by atoms with Gasteiger partial charge >= 0.3 is 0 Å². The van der Waals surface area contributed by atoms with E-state index >= 15 is 0 Å². The number of piperidine rings is 1. The molecule has 3 heterocycles. The second kappa shape index (κ2) is 5.78. The molecule has 2 aromatic heterocycles. The van der Waals surface area contributed by atoms with E-state index in [0.717, 1.165) is 42.3 Å². The molecule has 1 aliphatic heterocycles. The van der Waals surface area contributed by atoms with Crippen molar-refractivity contribution in [3.8, 4) is 6.07 Å². The Balaban J connectivity index is 1.33. The molecule has 3 atom stereocenters. The summed E-state index contributed by atoms with van der Waals surface area (Å²) in [5, 5.41) is 13.1. The number of amides is 1. The van der Waals surface area contributed by atoms with Crippen molar-refractivity contribution in [3.05, 3.63) is 18.1 Å². The quantitative estimate of drug-likeness (QED) is 0.872. The van der Waals surface area contributed by atoms with Crippen molar-refractivity contribution in [1.82, 2.24) is 19.9 Å². The van der Waals surface area contributed by atoms with E-state index in [9.17, 15) is 4.79 Å². The maximum atomic E-state index is 11.9. The Morgan fingerprint density at radius 2 is 2.25 bits per heavy atom. The Bertz CT molecular complexity index is 810. The molecular weight excluding hydrogens is 304 g/mol. The number of carbonyl (C=O) groups excluding carboxylic acids is 1. The number of carbonyl (C=O) groups is 1. The van der Waals surface area contributed by atoms with Gasteiger partial charge in [0.15, 0.2) is 0 Å². The molecule has 0 aromatic carbocycles. The molecule has 4 rings (SSSR count). The SMILES string of the molecule is Cc1nc(NC[C@H]2[C@H]3CN(C(=O)CCC#N)C[C@@H]23)c2cc[nH]c2n1. The molecule has 7 heteroatoms. The number of likely N-dealkylation sites (tertiary alicyclic amines) is 1. The molecular formula is C17H20N6O. The first-order chi connectivity index (χ1) is 11.7. The number of nitriles is 1. The Morgan fingerprint density at radius 1 is 1.46 bits per heavy atom. The Kier molecular flexibility index (Phi) is 3.60. The van der Waals surface area contributed by atoms with Crippen LogP contribution >= 0.6 is 0 Å². The minimum absolute atomic E-state index is 0.121. The maximum Gasteiger partial charge on any atom is 0.223 e. The van der Waals surface area contributed by atoms with Crippen molar-refractivity contribution in [2.24, 2.45) is 17.8 Å². The van der Waals surface area contributed by atoms with Crippen LogP contribution < -0.4 is 5.32 Å². The van der Waals surface area contributed by atoms with Crippen molar-refractivity contribution in [2.45, 2.75) is 19.8 Å². The molecule has 24 heavy (non-hydrogen) atoms. The van der Waals surface area contributed by atoms with Crippen LogP contribution in [0.15, 0.2) is 12.3 Å². The normalized spacial score (nSPS) is 24.7. The molecule has 0 unspecified atom stereocenters. The number of aromatic amines is 1. The van der Waals surface area contributed by atoms with E-state index in [0.29, 0.717) is 30.6 Å². The fourth-order valence-corrected chi connectivity index (χ4v) is 3.88. The Labute approximate surface area is 140 Å². The summed E-state index contributed by atoms with van der Waals surface area (Å²) in [6, 6.07) is 4.02. The van der Waals surface area contributed by atoms with Gasteiger partial charge in [0.05, 0.1) is 11.5 Å². The average molecular weight is 324 g/mol. The standard InChI is InChI=1S/C17H20N6O/c1-10-21-16-11(4-6-19-16)17(22-10)20-7-12-13-8-23(9-14(12)13)15(24)3-2-5-18/h4,6,12-14H,2-3,7-9H2,1H3,(H2,19,20,21,22)/t12-,13+,14-. The topological polar surface area (TPSA) is 97.7 Å². The number of hydrogen-bond donors (Lipinski definition) is 2. The van der Waals surface area contributed by atoms with E-state index in [1.165, 1.54) is 0 Å². The third-order valence-electron chi connectivity index (χ3n) is 5.21. The summed E-state index contributed by atoms with van der Waals surface area (Å²) < 4.78 is 0. The van der Waals surface area contributed by atoms with E-state index in [1.807, 2.05) is 30.2 Å². The van der Waals surface area contributed by atoms with Gasteiger partial charge in [-0.05, 0) is 30.7 Å². The first-order valence-corrected chi connectivity index (χ1v) is 8.37. The van der Waals surface area contributed by atoms with Gasteiger partial charge in [-0.25, -0.2) is 9.97 Å². The number of hydrogen-bond acceptors (Lipinski definition) is 5. The van der Waals surface area contributed by atoms with Gasteiger partial charge in [-0.15, -0.1) is 0 Å². The van der Waals surface area contributed by atoms with E-state index < -0.39 is 0 Å². The monoisotopic (exact) mass is 324 g/mol. The summed E-state index contributed by atoms with van der Waals surface area (Å²) in [5.74, 6) is 3.54. The number of anilines is 1. The van der Waals surface area contributed by atoms with E-state index in [1.54, 1.807) is 0 Å². The number of aromatic nitrogens is 3. The van der Waals surface area contributed by atoms with Gasteiger partial charge in [0.25, 0.3) is 0 Å². The molecule has 7 nitrogen and oxygen atoms in total. The predicted octanol–water partition coefficient (Wildman–Crippen LogP) is 1.69. The fraction of sp³-hybridized carbons (Fsp3) is 0.529. The second-order valence-electron chi connectivity index (χ2n) is 6.69. The number of H-pyrrole nitrogens is 1. The zero-order chi connectivity index (χ0) is 16.7. The molecule has 0 bridgehead atoms. The summed E-state index contributed by atoms with van der Waals surface area (Å²) in [4.78, 5) is 25.9. The third kappa shape index (κ3) is 2.58. The summed E-state index contributed by atoms with van der Waals surface area (Å²) in [7, 11) is 0. The molecule has 0 radical (unpaired) electrons. The van der Waals surface area contributed by atoms with Gasteiger partial charge in [-0.1, -0.05) is 0 Å². The predicted molar refractivity (Wildman–Crippen MR) is 89.0 cm³/mol. The lowest BCUT2D eigenvalue weighted by atomic mass is 10.2. The molecule has 2 N–H and O–H groups in total. The molecule has 0 spiro atoms. The summed E-state index contributed by atoms with van der Waals surface area (Å²) in [6.45, 7) is 4.45. The van der Waals surface area contributed by atoms with Gasteiger partial charge in [-0.3, -0.25) is 4.79 Å². The number of nitrogens with zero attached hydrogens (tertiary/aromatic N) is 4. The summed E-state index contributed by atoms with van der Waals surface area (Å²) in [5.41, 5.74) is 0.857. The van der Waals surface area contributed by atoms with Gasteiger partial charge in [0.1, 0.15) is 17.3 Å². The molecule has 2 aliphatic rings. The number of rotatable bonds is 5. The zero-order valence-corrected chi connectivity index (χ0v) is 13.6. The van der Waals surface area contributed by atoms with Gasteiger partial charge in [-0.2, -0.15) is 5.26 Å². The van der Waals surface area contributed by atoms with Gasteiger partial charge in [0, 0.05) is 38.7 Å². The van der Waals surface area contributed by atoms with Crippen LogP contribution in [0.1, 0.15) is 18.7 Å². The lowest BCUT2D eigenvalue weighted by Gasteiger charge is -2.19. The van der Waals surface area contributed by atoms with Crippen molar-refractivity contribution < 1.29 is 4.79 Å². The van der Waals surface area contributed by atoms with E-state index in [4.69, 9.17) is 5.26 Å². The number of nitrogens with one attached hydrogen (secondary N) is 2. The van der Waals surface area contributed by atoms with Crippen LogP contribution in [0.4, 0.5) is 5.82 Å². The van der Waals surface area contributed by atoms with Crippen molar-refractivity contribution in [2.75, 3.05) is 25.0 Å². The highest BCUT2D eigenvalue weighted by Crippen LogP contribution is 2.51. The lowest BCUT2D eigenvalue weighted by molar-refractivity contribution is -0.130. The Morgan fingerprint density at radius 3 is 3.00 bits per heavy atom. The summed E-state index contributed by atoms with van der Waals surface area (Å²) in [6.07, 6.45) is 2.54. The van der Waals surface area contributed by atoms with Crippen molar-refractivity contribution in [1.29, 1.82) is 5.26 Å². The molecule has 1 aliphatic carbocycles. The highest BCUT2D eigenvalue weighted by molar-refractivity contribution is 5.87. The molecule has 1 saturated heterocycles.